The molecule has 0 spiro atoms. The number of rotatable bonds is 5. The highest BCUT2D eigenvalue weighted by molar-refractivity contribution is 5.91. The van der Waals surface area contributed by atoms with E-state index in [1.807, 2.05) is 14.0 Å². The molecular weight excluding hydrogens is 231 g/mol. The number of hydrogen-bond donors (Lipinski definition) is 2. The van der Waals surface area contributed by atoms with Crippen LogP contribution in [0.4, 0.5) is 4.39 Å². The van der Waals surface area contributed by atoms with Crippen molar-refractivity contribution in [1.82, 2.24) is 10.6 Å². The molecule has 1 saturated carbocycles. The zero-order valence-corrected chi connectivity index (χ0v) is 10.8. The highest BCUT2D eigenvalue weighted by atomic mass is 19.1. The van der Waals surface area contributed by atoms with E-state index in [1.54, 1.807) is 12.1 Å². The van der Waals surface area contributed by atoms with Crippen LogP contribution in [-0.4, -0.2) is 25.5 Å². The maximum Gasteiger partial charge on any atom is 0.230 e. The molecule has 1 amide bonds. The van der Waals surface area contributed by atoms with Crippen LogP contribution in [0.3, 0.4) is 0 Å². The van der Waals surface area contributed by atoms with Gasteiger partial charge in [0.25, 0.3) is 0 Å². The minimum atomic E-state index is -0.416. The lowest BCUT2D eigenvalue weighted by Crippen LogP contribution is -2.42. The second-order valence-electron chi connectivity index (χ2n) is 4.99. The SMILES string of the molecule is CNC(C)CNC(=O)C1(c2ccc(F)cc2)CC1. The monoisotopic (exact) mass is 250 g/mol. The van der Waals surface area contributed by atoms with E-state index in [0.29, 0.717) is 6.54 Å². The van der Waals surface area contributed by atoms with Crippen LogP contribution in [0.5, 0.6) is 0 Å². The first-order valence-corrected chi connectivity index (χ1v) is 6.30. The van der Waals surface area contributed by atoms with E-state index in [2.05, 4.69) is 10.6 Å². The van der Waals surface area contributed by atoms with Gasteiger partial charge in [-0.15, -0.1) is 0 Å². The average Bonchev–Trinajstić information content (AvgIpc) is 3.17. The second kappa shape index (κ2) is 5.06. The number of carbonyl (C=O) groups excluding carboxylic acids is 1. The molecule has 1 aromatic rings. The van der Waals surface area contributed by atoms with Gasteiger partial charge in [-0.3, -0.25) is 4.79 Å². The maximum atomic E-state index is 12.9. The third-order valence-electron chi connectivity index (χ3n) is 3.64. The number of likely N-dealkylation sites (N-methyl/N-ethyl adjacent to an activating group) is 1. The molecule has 0 saturated heterocycles. The first-order valence-electron chi connectivity index (χ1n) is 6.30. The van der Waals surface area contributed by atoms with E-state index in [4.69, 9.17) is 0 Å². The molecule has 1 aliphatic carbocycles. The molecule has 2 rings (SSSR count). The first kappa shape index (κ1) is 13.0. The molecule has 0 aromatic heterocycles. The van der Waals surface area contributed by atoms with Crippen LogP contribution in [0.25, 0.3) is 0 Å². The molecule has 1 aromatic carbocycles. The van der Waals surface area contributed by atoms with Gasteiger partial charge >= 0.3 is 0 Å². The van der Waals surface area contributed by atoms with E-state index >= 15 is 0 Å². The molecule has 1 atom stereocenters. The number of carbonyl (C=O) groups is 1. The number of hydrogen-bond acceptors (Lipinski definition) is 2. The lowest BCUT2D eigenvalue weighted by molar-refractivity contribution is -0.123. The summed E-state index contributed by atoms with van der Waals surface area (Å²) >= 11 is 0. The molecule has 0 aliphatic heterocycles. The van der Waals surface area contributed by atoms with Crippen LogP contribution >= 0.6 is 0 Å². The Bertz CT molecular complexity index is 426. The predicted octanol–water partition coefficient (Wildman–Crippen LogP) is 1.58. The second-order valence-corrected chi connectivity index (χ2v) is 4.99. The summed E-state index contributed by atoms with van der Waals surface area (Å²) < 4.78 is 12.9. The number of nitrogens with one attached hydrogen (secondary N) is 2. The van der Waals surface area contributed by atoms with E-state index < -0.39 is 5.41 Å². The summed E-state index contributed by atoms with van der Waals surface area (Å²) in [6.07, 6.45) is 1.69. The largest absolute Gasteiger partial charge is 0.354 e. The van der Waals surface area contributed by atoms with Gasteiger partial charge in [0.1, 0.15) is 5.82 Å². The van der Waals surface area contributed by atoms with Gasteiger partial charge in [-0.1, -0.05) is 12.1 Å². The van der Waals surface area contributed by atoms with Gasteiger partial charge in [0.15, 0.2) is 0 Å². The van der Waals surface area contributed by atoms with Gasteiger partial charge in [-0.05, 0) is 44.5 Å². The van der Waals surface area contributed by atoms with Gasteiger partial charge < -0.3 is 10.6 Å². The molecule has 3 nitrogen and oxygen atoms in total. The Balaban J connectivity index is 2.03. The quantitative estimate of drug-likeness (QED) is 0.833. The summed E-state index contributed by atoms with van der Waals surface area (Å²) in [6.45, 7) is 2.62. The fourth-order valence-corrected chi connectivity index (χ4v) is 2.06. The standard InChI is InChI=1S/C14H19FN2O/c1-10(16-2)9-17-13(18)14(7-8-14)11-3-5-12(15)6-4-11/h3-6,10,16H,7-9H2,1-2H3,(H,17,18). The average molecular weight is 250 g/mol. The molecule has 0 radical (unpaired) electrons. The van der Waals surface area contributed by atoms with Gasteiger partial charge in [0, 0.05) is 12.6 Å². The molecule has 0 bridgehead atoms. The van der Waals surface area contributed by atoms with Crippen molar-refractivity contribution < 1.29 is 9.18 Å². The normalized spacial score (nSPS) is 18.2. The van der Waals surface area contributed by atoms with Gasteiger partial charge in [0.05, 0.1) is 5.41 Å². The summed E-state index contributed by atoms with van der Waals surface area (Å²) in [4.78, 5) is 12.2. The fourth-order valence-electron chi connectivity index (χ4n) is 2.06. The Morgan fingerprint density at radius 2 is 2.00 bits per heavy atom. The summed E-state index contributed by atoms with van der Waals surface area (Å²) in [5, 5.41) is 6.03. The molecule has 1 fully saturated rings. The van der Waals surface area contributed by atoms with Crippen LogP contribution in [0, 0.1) is 5.82 Å². The highest BCUT2D eigenvalue weighted by Gasteiger charge is 2.51. The lowest BCUT2D eigenvalue weighted by Gasteiger charge is -2.18. The Morgan fingerprint density at radius 3 is 2.50 bits per heavy atom. The third-order valence-corrected chi connectivity index (χ3v) is 3.64. The van der Waals surface area contributed by atoms with Crippen LogP contribution in [-0.2, 0) is 10.2 Å². The van der Waals surface area contributed by atoms with Crippen molar-refractivity contribution in [3.05, 3.63) is 35.6 Å². The molecule has 1 aliphatic rings. The van der Waals surface area contributed by atoms with Crippen LogP contribution < -0.4 is 10.6 Å². The Labute approximate surface area is 107 Å². The first-order chi connectivity index (χ1) is 8.58. The zero-order chi connectivity index (χ0) is 13.2. The third kappa shape index (κ3) is 2.53. The summed E-state index contributed by atoms with van der Waals surface area (Å²) in [7, 11) is 1.86. The van der Waals surface area contributed by atoms with Gasteiger partial charge in [0.2, 0.25) is 5.91 Å². The maximum absolute atomic E-state index is 12.9. The topological polar surface area (TPSA) is 41.1 Å². The van der Waals surface area contributed by atoms with Gasteiger partial charge in [-0.2, -0.15) is 0 Å². The van der Waals surface area contributed by atoms with Crippen molar-refractivity contribution >= 4 is 5.91 Å². The summed E-state index contributed by atoms with van der Waals surface area (Å²) in [5.74, 6) is -0.213. The Hall–Kier alpha value is -1.42. The number of benzene rings is 1. The molecule has 18 heavy (non-hydrogen) atoms. The molecule has 98 valence electrons. The number of amides is 1. The summed E-state index contributed by atoms with van der Waals surface area (Å²) in [6, 6.07) is 6.50. The molecule has 1 unspecified atom stereocenters. The van der Waals surface area contributed by atoms with Crippen molar-refractivity contribution in [1.29, 1.82) is 0 Å². The fraction of sp³-hybridized carbons (Fsp3) is 0.500. The van der Waals surface area contributed by atoms with E-state index in [-0.39, 0.29) is 17.8 Å². The van der Waals surface area contributed by atoms with Crippen molar-refractivity contribution in [2.75, 3.05) is 13.6 Å². The van der Waals surface area contributed by atoms with Crippen LogP contribution in [0.2, 0.25) is 0 Å². The van der Waals surface area contributed by atoms with Crippen molar-refractivity contribution in [3.8, 4) is 0 Å². The van der Waals surface area contributed by atoms with Crippen molar-refractivity contribution in [2.24, 2.45) is 0 Å². The van der Waals surface area contributed by atoms with Crippen molar-refractivity contribution in [2.45, 2.75) is 31.2 Å². The predicted molar refractivity (Wildman–Crippen MR) is 68.8 cm³/mol. The van der Waals surface area contributed by atoms with Gasteiger partial charge in [-0.25, -0.2) is 4.39 Å². The van der Waals surface area contributed by atoms with E-state index in [9.17, 15) is 9.18 Å². The Morgan fingerprint density at radius 1 is 1.39 bits per heavy atom. The van der Waals surface area contributed by atoms with E-state index in [1.165, 1.54) is 12.1 Å². The minimum Gasteiger partial charge on any atom is -0.354 e. The smallest absolute Gasteiger partial charge is 0.230 e. The van der Waals surface area contributed by atoms with Crippen LogP contribution in [0.1, 0.15) is 25.3 Å². The molecular formula is C14H19FN2O. The highest BCUT2D eigenvalue weighted by Crippen LogP contribution is 2.48. The molecule has 0 heterocycles. The van der Waals surface area contributed by atoms with E-state index in [0.717, 1.165) is 18.4 Å². The lowest BCUT2D eigenvalue weighted by atomic mass is 9.95. The zero-order valence-electron chi connectivity index (χ0n) is 10.8. The number of halogens is 1. The van der Waals surface area contributed by atoms with Crippen LogP contribution in [0.15, 0.2) is 24.3 Å². The van der Waals surface area contributed by atoms with Crippen molar-refractivity contribution in [3.63, 3.8) is 0 Å². The summed E-state index contributed by atoms with van der Waals surface area (Å²) in [5.41, 5.74) is 0.500. The minimum absolute atomic E-state index is 0.0520. The molecule has 2 N–H and O–H groups in total. The molecule has 4 heteroatoms. The Kier molecular flexibility index (Phi) is 3.66.